The van der Waals surface area contributed by atoms with Crippen LogP contribution in [0.25, 0.3) is 5.69 Å². The van der Waals surface area contributed by atoms with E-state index in [-0.39, 0.29) is 17.0 Å². The van der Waals surface area contributed by atoms with Crippen LogP contribution in [0.2, 0.25) is 0 Å². The number of carbonyl (C=O) groups excluding carboxylic acids is 1. The van der Waals surface area contributed by atoms with Gasteiger partial charge in [-0.1, -0.05) is 48.0 Å². The van der Waals surface area contributed by atoms with Crippen molar-refractivity contribution < 1.29 is 4.79 Å². The highest BCUT2D eigenvalue weighted by atomic mass is 16.1. The van der Waals surface area contributed by atoms with E-state index in [1.807, 2.05) is 37.3 Å². The van der Waals surface area contributed by atoms with E-state index >= 15 is 0 Å². The molecule has 3 rings (SSSR count). The average molecular weight is 373 g/mol. The third-order valence-corrected chi connectivity index (χ3v) is 4.47. The fraction of sp³-hybridized carbons (Fsp3) is 0.143. The Morgan fingerprint density at radius 3 is 2.32 bits per heavy atom. The molecule has 0 saturated heterocycles. The number of Topliss-reactive ketones (excluding diaryl/α,β-unsaturated/α-hetero) is 1. The van der Waals surface area contributed by atoms with Crippen molar-refractivity contribution in [1.29, 1.82) is 5.26 Å². The normalized spacial score (nSPS) is 11.1. The summed E-state index contributed by atoms with van der Waals surface area (Å²) in [5, 5.41) is 13.2. The quantitative estimate of drug-likeness (QED) is 0.423. The van der Waals surface area contributed by atoms with Gasteiger partial charge in [0.15, 0.2) is 0 Å². The number of anilines is 1. The van der Waals surface area contributed by atoms with Gasteiger partial charge in [0.25, 0.3) is 5.56 Å². The molecule has 0 unspecified atom stereocenters. The number of hydrogen-bond acceptors (Lipinski definition) is 5. The van der Waals surface area contributed by atoms with Crippen molar-refractivity contribution in [1.82, 2.24) is 9.36 Å². The molecule has 0 aliphatic heterocycles. The molecule has 7 heteroatoms. The average Bonchev–Trinajstić information content (AvgIpc) is 2.92. The van der Waals surface area contributed by atoms with Crippen molar-refractivity contribution in [3.63, 3.8) is 0 Å². The summed E-state index contributed by atoms with van der Waals surface area (Å²) in [7, 11) is 1.75. The van der Waals surface area contributed by atoms with Gasteiger partial charge in [0.2, 0.25) is 11.5 Å². The summed E-state index contributed by atoms with van der Waals surface area (Å²) in [4.78, 5) is 25.3. The monoisotopic (exact) mass is 373 g/mol. The molecule has 0 spiro atoms. The fourth-order valence-corrected chi connectivity index (χ4v) is 2.78. The number of ketones is 1. The second-order valence-corrected chi connectivity index (χ2v) is 6.32. The maximum absolute atomic E-state index is 12.8. The molecule has 0 aliphatic rings. The fourth-order valence-electron chi connectivity index (χ4n) is 2.78. The van der Waals surface area contributed by atoms with Gasteiger partial charge in [-0.2, -0.15) is 10.4 Å². The highest BCUT2D eigenvalue weighted by Crippen LogP contribution is 2.14. The minimum absolute atomic E-state index is 0.204. The van der Waals surface area contributed by atoms with Crippen molar-refractivity contribution in [3.8, 4) is 11.8 Å². The lowest BCUT2D eigenvalue weighted by atomic mass is 10.1. The lowest BCUT2D eigenvalue weighted by molar-refractivity contribution is 0.106. The van der Waals surface area contributed by atoms with Gasteiger partial charge in [0, 0.05) is 12.6 Å². The number of aryl methyl sites for hydroxylation is 1. The van der Waals surface area contributed by atoms with Crippen LogP contribution in [0.15, 0.2) is 64.5 Å². The number of nitrogens with zero attached hydrogens (tertiary/aromatic N) is 4. The third kappa shape index (κ3) is 3.48. The minimum atomic E-state index is -0.507. The van der Waals surface area contributed by atoms with Crippen molar-refractivity contribution >= 4 is 17.2 Å². The van der Waals surface area contributed by atoms with Crippen LogP contribution >= 0.6 is 0 Å². The Balaban J connectivity index is 1.95. The summed E-state index contributed by atoms with van der Waals surface area (Å²) < 4.78 is 3.17. The molecular formula is C21H19N5O2. The molecule has 0 aliphatic carbocycles. The van der Waals surface area contributed by atoms with E-state index in [1.165, 1.54) is 4.68 Å². The molecule has 1 N–H and O–H groups in total. The highest BCUT2D eigenvalue weighted by Gasteiger charge is 2.18. The van der Waals surface area contributed by atoms with Gasteiger partial charge < -0.3 is 0 Å². The Bertz CT molecular complexity index is 1150. The van der Waals surface area contributed by atoms with Gasteiger partial charge in [-0.3, -0.25) is 19.7 Å². The van der Waals surface area contributed by atoms with Crippen LogP contribution in [0.5, 0.6) is 0 Å². The second kappa shape index (κ2) is 7.76. The molecule has 3 aromatic rings. The Morgan fingerprint density at radius 1 is 1.07 bits per heavy atom. The maximum atomic E-state index is 12.8. The van der Waals surface area contributed by atoms with Crippen LogP contribution in [-0.2, 0) is 7.05 Å². The van der Waals surface area contributed by atoms with E-state index in [4.69, 9.17) is 0 Å². The van der Waals surface area contributed by atoms with E-state index in [9.17, 15) is 14.9 Å². The first-order valence-corrected chi connectivity index (χ1v) is 8.63. The van der Waals surface area contributed by atoms with Crippen molar-refractivity contribution in [3.05, 3.63) is 81.8 Å². The van der Waals surface area contributed by atoms with Crippen LogP contribution in [0.3, 0.4) is 0 Å². The van der Waals surface area contributed by atoms with Gasteiger partial charge in [-0.15, -0.1) is 0 Å². The smallest absolute Gasteiger partial charge is 0.286 e. The summed E-state index contributed by atoms with van der Waals surface area (Å²) in [6, 6.07) is 17.8. The Hall–Kier alpha value is -3.92. The topological polar surface area (TPSA) is 92.2 Å². The number of hydrazone groups is 1. The number of hydrogen-bond donors (Lipinski definition) is 1. The minimum Gasteiger partial charge on any atom is -0.286 e. The Labute approximate surface area is 162 Å². The molecule has 0 fully saturated rings. The predicted octanol–water partition coefficient (Wildman–Crippen LogP) is 2.97. The standard InChI is InChI=1S/C21H19N5O2/c1-14-9-11-16(12-10-14)20(27)18(13-22)23-24-19-15(2)25(3)26(21(19)28)17-7-5-4-6-8-17/h4-12,24H,1-3H3/b23-18+. The molecule has 0 atom stereocenters. The Morgan fingerprint density at radius 2 is 1.71 bits per heavy atom. The van der Waals surface area contributed by atoms with Crippen LogP contribution < -0.4 is 11.0 Å². The molecule has 28 heavy (non-hydrogen) atoms. The first kappa shape index (κ1) is 18.9. The molecule has 0 radical (unpaired) electrons. The molecule has 0 saturated carbocycles. The molecule has 2 aromatic carbocycles. The van der Waals surface area contributed by atoms with Crippen LogP contribution in [-0.4, -0.2) is 20.9 Å². The summed E-state index contributed by atoms with van der Waals surface area (Å²) in [5.74, 6) is -0.507. The third-order valence-electron chi connectivity index (χ3n) is 4.47. The van der Waals surface area contributed by atoms with Gasteiger partial charge in [-0.05, 0) is 26.0 Å². The lowest BCUT2D eigenvalue weighted by Crippen LogP contribution is -2.21. The number of rotatable bonds is 5. The molecule has 1 aromatic heterocycles. The summed E-state index contributed by atoms with van der Waals surface area (Å²) in [6.45, 7) is 3.66. The number of para-hydroxylation sites is 1. The zero-order chi connectivity index (χ0) is 20.3. The number of aromatic nitrogens is 2. The molecule has 0 bridgehead atoms. The molecule has 7 nitrogen and oxygen atoms in total. The zero-order valence-electron chi connectivity index (χ0n) is 15.8. The van der Waals surface area contributed by atoms with E-state index in [0.29, 0.717) is 16.9 Å². The van der Waals surface area contributed by atoms with Crippen molar-refractivity contribution in [2.75, 3.05) is 5.43 Å². The summed E-state index contributed by atoms with van der Waals surface area (Å²) in [6.07, 6.45) is 0. The van der Waals surface area contributed by atoms with Crippen LogP contribution in [0.1, 0.15) is 21.6 Å². The largest absolute Gasteiger partial charge is 0.296 e. The van der Waals surface area contributed by atoms with Crippen molar-refractivity contribution in [2.45, 2.75) is 13.8 Å². The van der Waals surface area contributed by atoms with Gasteiger partial charge in [-0.25, -0.2) is 4.68 Å². The van der Waals surface area contributed by atoms with Gasteiger partial charge in [0.05, 0.1) is 11.4 Å². The SMILES string of the molecule is Cc1ccc(C(=O)/C(C#N)=N/Nc2c(C)n(C)n(-c3ccccc3)c2=O)cc1. The van der Waals surface area contributed by atoms with E-state index in [0.717, 1.165) is 5.56 Å². The molecular weight excluding hydrogens is 354 g/mol. The van der Waals surface area contributed by atoms with E-state index in [1.54, 1.807) is 49.0 Å². The molecule has 0 amide bonds. The molecule has 1 heterocycles. The maximum Gasteiger partial charge on any atom is 0.296 e. The number of benzene rings is 2. The van der Waals surface area contributed by atoms with Crippen molar-refractivity contribution in [2.24, 2.45) is 12.1 Å². The Kier molecular flexibility index (Phi) is 5.23. The lowest BCUT2D eigenvalue weighted by Gasteiger charge is -2.07. The van der Waals surface area contributed by atoms with E-state index in [2.05, 4.69) is 10.5 Å². The summed E-state index contributed by atoms with van der Waals surface area (Å²) in [5.41, 5.74) is 4.86. The second-order valence-electron chi connectivity index (χ2n) is 6.32. The predicted molar refractivity (Wildman–Crippen MR) is 108 cm³/mol. The van der Waals surface area contributed by atoms with Gasteiger partial charge in [0.1, 0.15) is 11.8 Å². The molecule has 140 valence electrons. The number of nitrogens with one attached hydrogen (secondary N) is 1. The first-order valence-electron chi connectivity index (χ1n) is 8.63. The summed E-state index contributed by atoms with van der Waals surface area (Å²) >= 11 is 0. The highest BCUT2D eigenvalue weighted by molar-refractivity contribution is 6.51. The van der Waals surface area contributed by atoms with E-state index < -0.39 is 5.78 Å². The number of nitriles is 1. The first-order chi connectivity index (χ1) is 13.4. The zero-order valence-corrected chi connectivity index (χ0v) is 15.8. The van der Waals surface area contributed by atoms with Gasteiger partial charge >= 0.3 is 0 Å². The number of carbonyl (C=O) groups is 1. The van der Waals surface area contributed by atoms with Crippen LogP contribution in [0, 0.1) is 25.2 Å². The van der Waals surface area contributed by atoms with Crippen LogP contribution in [0.4, 0.5) is 5.69 Å².